The second-order valence-electron chi connectivity index (χ2n) is 8.05. The van der Waals surface area contributed by atoms with Crippen LogP contribution in [0.15, 0.2) is 53.7 Å². The van der Waals surface area contributed by atoms with Gasteiger partial charge in [0.15, 0.2) is 0 Å². The van der Waals surface area contributed by atoms with Crippen molar-refractivity contribution in [3.63, 3.8) is 0 Å². The molecule has 0 bridgehead atoms. The topological polar surface area (TPSA) is 110 Å². The lowest BCUT2D eigenvalue weighted by Gasteiger charge is -2.30. The van der Waals surface area contributed by atoms with Crippen LogP contribution in [0.25, 0.3) is 5.69 Å². The molecule has 1 aliphatic rings. The van der Waals surface area contributed by atoms with Crippen LogP contribution < -0.4 is 5.32 Å². The summed E-state index contributed by atoms with van der Waals surface area (Å²) in [4.78, 5) is 12.9. The van der Waals surface area contributed by atoms with Gasteiger partial charge in [-0.3, -0.25) is 4.79 Å². The number of carbonyl (C=O) groups is 1. The van der Waals surface area contributed by atoms with Crippen molar-refractivity contribution in [3.8, 4) is 5.69 Å². The first-order valence-corrected chi connectivity index (χ1v) is 12.0. The molecule has 1 heterocycles. The Bertz CT molecular complexity index is 1190. The van der Waals surface area contributed by atoms with E-state index in [0.29, 0.717) is 11.3 Å². The maximum atomic E-state index is 13.0. The lowest BCUT2D eigenvalue weighted by Crippen LogP contribution is -2.38. The summed E-state index contributed by atoms with van der Waals surface area (Å²) < 4.78 is 29.0. The summed E-state index contributed by atoms with van der Waals surface area (Å²) in [6, 6.07) is 11.5. The molecule has 9 nitrogen and oxygen atoms in total. The van der Waals surface area contributed by atoms with Gasteiger partial charge in [0.2, 0.25) is 10.0 Å². The van der Waals surface area contributed by atoms with Crippen LogP contribution in [0.3, 0.4) is 0 Å². The highest BCUT2D eigenvalue weighted by Gasteiger charge is 2.29. The zero-order valence-corrected chi connectivity index (χ0v) is 18.9. The molecule has 0 radical (unpaired) electrons. The van der Waals surface area contributed by atoms with Crippen molar-refractivity contribution in [2.24, 2.45) is 0 Å². The van der Waals surface area contributed by atoms with Crippen molar-refractivity contribution in [1.82, 2.24) is 24.5 Å². The van der Waals surface area contributed by atoms with Crippen LogP contribution in [0.4, 0.5) is 5.69 Å². The average molecular weight is 455 g/mol. The minimum absolute atomic E-state index is 0.0349. The number of hydrogen-bond donors (Lipinski definition) is 1. The minimum atomic E-state index is -3.60. The third-order valence-electron chi connectivity index (χ3n) is 5.95. The molecule has 2 aromatic carbocycles. The number of benzene rings is 2. The molecule has 168 valence electrons. The van der Waals surface area contributed by atoms with Gasteiger partial charge in [-0.1, -0.05) is 25.3 Å². The van der Waals surface area contributed by atoms with Crippen LogP contribution >= 0.6 is 0 Å². The standard InChI is InChI=1S/C22H26N6O3S/c1-16-8-11-18(14-21(16)28-15-23-25-26-28)24-22(29)17-9-12-20(13-10-17)32(30,31)27(2)19-6-4-3-5-7-19/h8-15,19H,3-7H2,1-2H3,(H,24,29). The van der Waals surface area contributed by atoms with Gasteiger partial charge in [-0.15, -0.1) is 5.10 Å². The van der Waals surface area contributed by atoms with E-state index >= 15 is 0 Å². The van der Waals surface area contributed by atoms with Crippen molar-refractivity contribution in [2.45, 2.75) is 50.0 Å². The van der Waals surface area contributed by atoms with Gasteiger partial charge in [0.05, 0.1) is 10.6 Å². The van der Waals surface area contributed by atoms with Crippen LogP contribution in [0.2, 0.25) is 0 Å². The summed E-state index contributed by atoms with van der Waals surface area (Å²) >= 11 is 0. The number of nitrogens with zero attached hydrogens (tertiary/aromatic N) is 5. The minimum Gasteiger partial charge on any atom is -0.322 e. The first kappa shape index (κ1) is 22.1. The summed E-state index contributed by atoms with van der Waals surface area (Å²) in [6.07, 6.45) is 6.53. The van der Waals surface area contributed by atoms with Crippen molar-refractivity contribution in [3.05, 3.63) is 59.9 Å². The molecule has 1 amide bonds. The Morgan fingerprint density at radius 3 is 2.47 bits per heavy atom. The van der Waals surface area contributed by atoms with Crippen molar-refractivity contribution in [2.75, 3.05) is 12.4 Å². The van der Waals surface area contributed by atoms with E-state index in [1.807, 2.05) is 13.0 Å². The van der Waals surface area contributed by atoms with Crippen molar-refractivity contribution < 1.29 is 13.2 Å². The van der Waals surface area contributed by atoms with Crippen molar-refractivity contribution in [1.29, 1.82) is 0 Å². The van der Waals surface area contributed by atoms with Gasteiger partial charge >= 0.3 is 0 Å². The molecule has 1 N–H and O–H groups in total. The molecule has 1 saturated carbocycles. The van der Waals surface area contributed by atoms with Gasteiger partial charge in [0.25, 0.3) is 5.91 Å². The lowest BCUT2D eigenvalue weighted by molar-refractivity contribution is 0.102. The highest BCUT2D eigenvalue weighted by molar-refractivity contribution is 7.89. The molecular formula is C22H26N6O3S. The predicted molar refractivity (Wildman–Crippen MR) is 120 cm³/mol. The molecular weight excluding hydrogens is 428 g/mol. The fourth-order valence-electron chi connectivity index (χ4n) is 3.99. The quantitative estimate of drug-likeness (QED) is 0.613. The summed E-state index contributed by atoms with van der Waals surface area (Å²) in [5.41, 5.74) is 2.65. The number of carbonyl (C=O) groups excluding carboxylic acids is 1. The first-order valence-electron chi connectivity index (χ1n) is 10.6. The Morgan fingerprint density at radius 1 is 1.09 bits per heavy atom. The Kier molecular flexibility index (Phi) is 6.33. The molecule has 32 heavy (non-hydrogen) atoms. The Morgan fingerprint density at radius 2 is 1.81 bits per heavy atom. The predicted octanol–water partition coefficient (Wildman–Crippen LogP) is 3.18. The Labute approximate surface area is 187 Å². The van der Waals surface area contributed by atoms with E-state index in [1.54, 1.807) is 19.2 Å². The summed E-state index contributed by atoms with van der Waals surface area (Å²) in [6.45, 7) is 1.92. The number of aryl methyl sites for hydroxylation is 1. The normalized spacial score (nSPS) is 15.1. The van der Waals surface area contributed by atoms with Gasteiger partial charge in [0, 0.05) is 24.3 Å². The van der Waals surface area contributed by atoms with E-state index in [9.17, 15) is 13.2 Å². The smallest absolute Gasteiger partial charge is 0.255 e. The van der Waals surface area contributed by atoms with E-state index < -0.39 is 10.0 Å². The first-order chi connectivity index (χ1) is 15.4. The molecule has 1 aromatic heterocycles. The van der Waals surface area contributed by atoms with Gasteiger partial charge in [-0.25, -0.2) is 13.1 Å². The van der Waals surface area contributed by atoms with E-state index in [0.717, 1.165) is 43.4 Å². The molecule has 3 aromatic rings. The van der Waals surface area contributed by atoms with Gasteiger partial charge in [0.1, 0.15) is 6.33 Å². The molecule has 4 rings (SSSR count). The largest absolute Gasteiger partial charge is 0.322 e. The molecule has 1 aliphatic carbocycles. The molecule has 0 aliphatic heterocycles. The molecule has 1 fully saturated rings. The number of nitrogens with one attached hydrogen (secondary N) is 1. The van der Waals surface area contributed by atoms with E-state index in [1.165, 1.54) is 39.6 Å². The van der Waals surface area contributed by atoms with Crippen molar-refractivity contribution >= 4 is 21.6 Å². The third-order valence-corrected chi connectivity index (χ3v) is 7.87. The number of anilines is 1. The maximum Gasteiger partial charge on any atom is 0.255 e. The zero-order valence-electron chi connectivity index (χ0n) is 18.1. The van der Waals surface area contributed by atoms with Gasteiger partial charge < -0.3 is 5.32 Å². The fourth-order valence-corrected chi connectivity index (χ4v) is 5.41. The van der Waals surface area contributed by atoms with E-state index in [4.69, 9.17) is 0 Å². The van der Waals surface area contributed by atoms with E-state index in [2.05, 4.69) is 20.8 Å². The van der Waals surface area contributed by atoms with Crippen LogP contribution in [0, 0.1) is 6.92 Å². The Balaban J connectivity index is 1.48. The summed E-state index contributed by atoms with van der Waals surface area (Å²) in [7, 11) is -1.95. The second kappa shape index (κ2) is 9.17. The Hall–Kier alpha value is -3.11. The van der Waals surface area contributed by atoms with Crippen LogP contribution in [0.1, 0.15) is 48.0 Å². The lowest BCUT2D eigenvalue weighted by atomic mass is 9.96. The molecule has 0 atom stereocenters. The maximum absolute atomic E-state index is 13.0. The zero-order chi connectivity index (χ0) is 22.7. The fraction of sp³-hybridized carbons (Fsp3) is 0.364. The monoisotopic (exact) mass is 454 g/mol. The van der Waals surface area contributed by atoms with Gasteiger partial charge in [-0.2, -0.15) is 4.31 Å². The molecule has 0 spiro atoms. The molecule has 10 heteroatoms. The highest BCUT2D eigenvalue weighted by Crippen LogP contribution is 2.27. The van der Waals surface area contributed by atoms with Crippen LogP contribution in [0.5, 0.6) is 0 Å². The highest BCUT2D eigenvalue weighted by atomic mass is 32.2. The number of sulfonamides is 1. The summed E-state index contributed by atoms with van der Waals surface area (Å²) in [5, 5.41) is 14.0. The summed E-state index contributed by atoms with van der Waals surface area (Å²) in [5.74, 6) is -0.332. The molecule has 0 unspecified atom stereocenters. The average Bonchev–Trinajstić information content (AvgIpc) is 3.35. The number of hydrogen-bond acceptors (Lipinski definition) is 6. The number of rotatable bonds is 6. The second-order valence-corrected chi connectivity index (χ2v) is 10.0. The number of amides is 1. The van der Waals surface area contributed by atoms with Crippen LogP contribution in [-0.4, -0.2) is 51.9 Å². The van der Waals surface area contributed by atoms with Gasteiger partial charge in [-0.05, 0) is 72.2 Å². The van der Waals surface area contributed by atoms with E-state index in [-0.39, 0.29) is 16.8 Å². The number of aromatic nitrogens is 4. The molecule has 0 saturated heterocycles. The third kappa shape index (κ3) is 4.56. The number of tetrazole rings is 1. The SMILES string of the molecule is Cc1ccc(NC(=O)c2ccc(S(=O)(=O)N(C)C3CCCCC3)cc2)cc1-n1cnnn1. The van der Waals surface area contributed by atoms with Crippen LogP contribution in [-0.2, 0) is 10.0 Å².